The second kappa shape index (κ2) is 12.0. The number of rotatable bonds is 8. The normalized spacial score (nSPS) is 15.9. The van der Waals surface area contributed by atoms with Crippen LogP contribution in [0.2, 0.25) is 0 Å². The number of methoxy groups -OCH3 is 1. The first-order chi connectivity index (χ1) is 18.7. The molecule has 2 heterocycles. The van der Waals surface area contributed by atoms with Gasteiger partial charge < -0.3 is 14.9 Å². The minimum atomic E-state index is -1.55. The van der Waals surface area contributed by atoms with Gasteiger partial charge >= 0.3 is 5.97 Å². The Morgan fingerprint density at radius 2 is 1.87 bits per heavy atom. The average molecular weight is 545 g/mol. The Kier molecular flexibility index (Phi) is 8.73. The summed E-state index contributed by atoms with van der Waals surface area (Å²) in [6.07, 6.45) is 0.481. The first kappa shape index (κ1) is 28.3. The molecule has 1 saturated heterocycles. The number of benzene rings is 2. The van der Waals surface area contributed by atoms with Crippen molar-refractivity contribution in [3.63, 3.8) is 0 Å². The van der Waals surface area contributed by atoms with E-state index in [9.17, 15) is 28.2 Å². The Morgan fingerprint density at radius 3 is 2.49 bits per heavy atom. The molecule has 0 spiro atoms. The van der Waals surface area contributed by atoms with Gasteiger partial charge in [-0.3, -0.25) is 14.7 Å². The van der Waals surface area contributed by atoms with Gasteiger partial charge in [-0.15, -0.1) is 0 Å². The lowest BCUT2D eigenvalue weighted by Crippen LogP contribution is -2.44. The first-order valence-corrected chi connectivity index (χ1v) is 12.5. The Balaban J connectivity index is 1.43. The van der Waals surface area contributed by atoms with Crippen LogP contribution in [0.3, 0.4) is 0 Å². The molecule has 1 atom stereocenters. The molecule has 6 nitrogen and oxygen atoms in total. The van der Waals surface area contributed by atoms with Gasteiger partial charge in [-0.05, 0) is 56.0 Å². The van der Waals surface area contributed by atoms with Gasteiger partial charge in [0.1, 0.15) is 11.9 Å². The lowest BCUT2D eigenvalue weighted by atomic mass is 9.74. The van der Waals surface area contributed by atoms with E-state index in [0.29, 0.717) is 35.3 Å². The minimum Gasteiger partial charge on any atom is -0.497 e. The predicted molar refractivity (Wildman–Crippen MR) is 136 cm³/mol. The van der Waals surface area contributed by atoms with E-state index in [1.165, 1.54) is 13.3 Å². The number of pyridine rings is 1. The molecule has 0 amide bonds. The van der Waals surface area contributed by atoms with Gasteiger partial charge in [0.15, 0.2) is 17.5 Å². The summed E-state index contributed by atoms with van der Waals surface area (Å²) in [5.74, 6) is 0.704. The number of aromatic nitrogens is 1. The molecular weight excluding hydrogens is 516 g/mol. The number of carboxylic acids is 1. The number of ether oxygens (including phenoxy) is 1. The van der Waals surface area contributed by atoms with Crippen molar-refractivity contribution in [2.75, 3.05) is 26.7 Å². The maximum absolute atomic E-state index is 15.7. The number of aliphatic hydroxyl groups excluding tert-OH is 1. The van der Waals surface area contributed by atoms with Crippen molar-refractivity contribution < 1.29 is 37.3 Å². The lowest BCUT2D eigenvalue weighted by Gasteiger charge is -2.38. The number of nitrogens with zero attached hydrogens (tertiary/aromatic N) is 2. The van der Waals surface area contributed by atoms with Gasteiger partial charge in [0.05, 0.1) is 31.2 Å². The molecule has 0 aliphatic carbocycles. The Morgan fingerprint density at radius 1 is 1.18 bits per heavy atom. The number of halogens is 4. The summed E-state index contributed by atoms with van der Waals surface area (Å²) in [5.41, 5.74) is 0.0300. The van der Waals surface area contributed by atoms with Gasteiger partial charge in [-0.2, -0.15) is 0 Å². The minimum absolute atomic E-state index is 0.000726. The highest BCUT2D eigenvalue weighted by Crippen LogP contribution is 2.41. The number of aliphatic carboxylic acids is 1. The molecule has 0 radical (unpaired) electrons. The van der Waals surface area contributed by atoms with Crippen molar-refractivity contribution in [1.29, 1.82) is 0 Å². The fraction of sp³-hybridized carbons (Fsp3) is 0.379. The molecule has 3 aromatic rings. The summed E-state index contributed by atoms with van der Waals surface area (Å²) in [6.45, 7) is 0.600. The molecule has 10 heteroatoms. The number of fused-ring (bicyclic) bond motifs is 1. The largest absolute Gasteiger partial charge is 0.497 e. The average Bonchev–Trinajstić information content (AvgIpc) is 2.94. The van der Waals surface area contributed by atoms with Crippen LogP contribution in [0.25, 0.3) is 10.9 Å². The summed E-state index contributed by atoms with van der Waals surface area (Å²) in [7, 11) is 1.49. The van der Waals surface area contributed by atoms with Crippen LogP contribution in [-0.2, 0) is 11.4 Å². The van der Waals surface area contributed by atoms with Gasteiger partial charge in [-0.25, -0.2) is 17.6 Å². The maximum atomic E-state index is 15.7. The molecule has 4 rings (SSSR count). The Labute approximate surface area is 223 Å². The van der Waals surface area contributed by atoms with Crippen LogP contribution < -0.4 is 4.74 Å². The van der Waals surface area contributed by atoms with Crippen molar-refractivity contribution in [2.45, 2.75) is 38.5 Å². The third-order valence-corrected chi connectivity index (χ3v) is 7.35. The van der Waals surface area contributed by atoms with Crippen LogP contribution in [0.5, 0.6) is 5.75 Å². The van der Waals surface area contributed by atoms with E-state index in [1.807, 2.05) is 4.90 Å². The van der Waals surface area contributed by atoms with Crippen molar-refractivity contribution >= 4 is 16.9 Å². The predicted octanol–water partition coefficient (Wildman–Crippen LogP) is 5.16. The van der Waals surface area contributed by atoms with Crippen LogP contribution in [0, 0.1) is 34.7 Å². The molecule has 0 saturated carbocycles. The van der Waals surface area contributed by atoms with E-state index in [0.717, 1.165) is 12.1 Å². The highest BCUT2D eigenvalue weighted by Gasteiger charge is 2.41. The van der Waals surface area contributed by atoms with Crippen LogP contribution in [0.4, 0.5) is 17.6 Å². The number of likely N-dealkylation sites (tertiary alicyclic amines) is 1. The van der Waals surface area contributed by atoms with Crippen molar-refractivity contribution in [2.24, 2.45) is 5.41 Å². The van der Waals surface area contributed by atoms with E-state index < -0.39 is 41.6 Å². The highest BCUT2D eigenvalue weighted by atomic mass is 19.2. The van der Waals surface area contributed by atoms with E-state index in [1.54, 1.807) is 18.2 Å². The number of piperidine rings is 1. The summed E-state index contributed by atoms with van der Waals surface area (Å²) < 4.78 is 60.9. The lowest BCUT2D eigenvalue weighted by molar-refractivity contribution is -0.152. The van der Waals surface area contributed by atoms with E-state index in [2.05, 4.69) is 16.8 Å². The summed E-state index contributed by atoms with van der Waals surface area (Å²) >= 11 is 0. The van der Waals surface area contributed by atoms with Crippen molar-refractivity contribution in [1.82, 2.24) is 9.88 Å². The third kappa shape index (κ3) is 6.15. The van der Waals surface area contributed by atoms with E-state index >= 15 is 4.39 Å². The first-order valence-electron chi connectivity index (χ1n) is 12.5. The van der Waals surface area contributed by atoms with Crippen LogP contribution in [0.1, 0.15) is 48.5 Å². The van der Waals surface area contributed by atoms with Gasteiger partial charge in [0.2, 0.25) is 0 Å². The SMILES string of the molecule is COc1ccc2ncc(CO)c([C@@H](F)CCC3(C(=O)O)CCN(CC#Cc4cc(F)c(F)c(F)c4)CC3)c2c1. The zero-order chi connectivity index (χ0) is 28.2. The van der Waals surface area contributed by atoms with E-state index in [-0.39, 0.29) is 43.4 Å². The zero-order valence-corrected chi connectivity index (χ0v) is 21.3. The van der Waals surface area contributed by atoms with Crippen LogP contribution in [0.15, 0.2) is 36.5 Å². The molecule has 0 bridgehead atoms. The van der Waals surface area contributed by atoms with E-state index in [4.69, 9.17) is 4.74 Å². The third-order valence-electron chi connectivity index (χ3n) is 7.35. The maximum Gasteiger partial charge on any atom is 0.309 e. The Hall–Kier alpha value is -3.68. The molecule has 2 N–H and O–H groups in total. The quantitative estimate of drug-likeness (QED) is 0.232. The van der Waals surface area contributed by atoms with Gasteiger partial charge in [-0.1, -0.05) is 11.8 Å². The van der Waals surface area contributed by atoms with Crippen molar-refractivity contribution in [3.05, 3.63) is 70.7 Å². The second-order valence-corrected chi connectivity index (χ2v) is 9.66. The number of carboxylic acid groups (broad SMARTS) is 1. The summed E-state index contributed by atoms with van der Waals surface area (Å²) in [6, 6.07) is 6.69. The molecule has 2 aromatic carbocycles. The monoisotopic (exact) mass is 544 g/mol. The topological polar surface area (TPSA) is 82.9 Å². The fourth-order valence-electron chi connectivity index (χ4n) is 4.99. The molecule has 1 fully saturated rings. The smallest absolute Gasteiger partial charge is 0.309 e. The van der Waals surface area contributed by atoms with Crippen LogP contribution >= 0.6 is 0 Å². The summed E-state index contributed by atoms with van der Waals surface area (Å²) in [5, 5.41) is 20.4. The van der Waals surface area contributed by atoms with Crippen LogP contribution in [-0.4, -0.2) is 52.8 Å². The standard InChI is InChI=1S/C29H28F4N2O4/c1-39-20-4-5-25-21(15-20)26(19(17-36)16-34-25)22(30)6-7-29(28(37)38)8-11-35(12-9-29)10-2-3-18-13-23(31)27(33)24(32)14-18/h4-5,13-16,22,36H,6-12,17H2,1H3,(H,37,38)/t22-/m0/s1. The summed E-state index contributed by atoms with van der Waals surface area (Å²) in [4.78, 5) is 18.5. The number of aliphatic hydroxyl groups is 1. The molecular formula is C29H28F4N2O4. The number of alkyl halides is 1. The van der Waals surface area contributed by atoms with Gasteiger partial charge in [0, 0.05) is 41.4 Å². The molecule has 1 aliphatic heterocycles. The molecule has 206 valence electrons. The molecule has 39 heavy (non-hydrogen) atoms. The number of carbonyl (C=O) groups is 1. The fourth-order valence-corrected chi connectivity index (χ4v) is 4.99. The second-order valence-electron chi connectivity index (χ2n) is 9.66. The molecule has 0 unspecified atom stereocenters. The van der Waals surface area contributed by atoms with Gasteiger partial charge in [0.25, 0.3) is 0 Å². The molecule has 1 aliphatic rings. The zero-order valence-electron chi connectivity index (χ0n) is 21.3. The van der Waals surface area contributed by atoms with Crippen molar-refractivity contribution in [3.8, 4) is 17.6 Å². The number of hydrogen-bond acceptors (Lipinski definition) is 5. The molecule has 1 aromatic heterocycles. The number of hydrogen-bond donors (Lipinski definition) is 2. The Bertz CT molecular complexity index is 1400. The highest BCUT2D eigenvalue weighted by molar-refractivity contribution is 5.85.